The number of aromatic nitrogens is 4. The van der Waals surface area contributed by atoms with Crippen LogP contribution in [0, 0.1) is 17.3 Å². The predicted octanol–water partition coefficient (Wildman–Crippen LogP) is 5.61. The molecule has 0 unspecified atom stereocenters. The average molecular weight is 673 g/mol. The van der Waals surface area contributed by atoms with Crippen LogP contribution in [-0.4, -0.2) is 73.5 Å². The minimum Gasteiger partial charge on any atom is -0.487 e. The fraction of sp³-hybridized carbons (Fsp3) is 0.595. The van der Waals surface area contributed by atoms with Crippen molar-refractivity contribution >= 4 is 28.8 Å². The van der Waals surface area contributed by atoms with E-state index in [2.05, 4.69) is 15.3 Å². The van der Waals surface area contributed by atoms with Gasteiger partial charge in [-0.1, -0.05) is 40.5 Å². The van der Waals surface area contributed by atoms with E-state index in [1.165, 1.54) is 6.92 Å². The highest BCUT2D eigenvalue weighted by atomic mass is 16.6. The van der Waals surface area contributed by atoms with Crippen molar-refractivity contribution in [2.45, 2.75) is 117 Å². The zero-order valence-corrected chi connectivity index (χ0v) is 29.2. The van der Waals surface area contributed by atoms with Gasteiger partial charge in [0.25, 0.3) is 0 Å². The van der Waals surface area contributed by atoms with Crippen LogP contribution in [0.1, 0.15) is 91.0 Å². The lowest BCUT2D eigenvalue weighted by Crippen LogP contribution is -2.57. The Hall–Kier alpha value is -4.35. The molecule has 262 valence electrons. The molecule has 0 radical (unpaired) electrons. The molecule has 49 heavy (non-hydrogen) atoms. The summed E-state index contributed by atoms with van der Waals surface area (Å²) in [6.45, 7) is 9.55. The van der Waals surface area contributed by atoms with Gasteiger partial charge in [-0.2, -0.15) is 0 Å². The van der Waals surface area contributed by atoms with Gasteiger partial charge in [0, 0.05) is 24.4 Å². The van der Waals surface area contributed by atoms with Crippen molar-refractivity contribution < 1.29 is 28.6 Å². The molecule has 1 aromatic carbocycles. The summed E-state index contributed by atoms with van der Waals surface area (Å²) in [5, 5.41) is 2.90. The number of ether oxygens (including phenoxy) is 3. The molecule has 2 fully saturated rings. The first-order valence-electron chi connectivity index (χ1n) is 17.6. The first-order chi connectivity index (χ1) is 23.5. The minimum atomic E-state index is -0.900. The van der Waals surface area contributed by atoms with E-state index in [0.29, 0.717) is 35.2 Å². The Labute approximate surface area is 287 Å². The van der Waals surface area contributed by atoms with E-state index in [1.54, 1.807) is 23.5 Å². The van der Waals surface area contributed by atoms with Gasteiger partial charge in [0.2, 0.25) is 11.8 Å². The Bertz CT molecular complexity index is 1660. The zero-order valence-electron chi connectivity index (χ0n) is 29.2. The molecule has 2 aromatic heterocycles. The number of benzene rings is 1. The third kappa shape index (κ3) is 7.94. The van der Waals surface area contributed by atoms with Gasteiger partial charge in [-0.15, -0.1) is 0 Å². The standard InChI is InChI=1S/C37H48N6O6/c1-22-31-20-43(32(22)23(2)44)35(45)33(37(3,4)5)42-36(46)49-30-13-9-11-24(30)10-7-6-8-12-28-34(48-31)41-29-18-26(14-15-27(29)40-28)47-21-25-19-38-16-17-39-25/h14-19,22,24,30-33H,6-13,20-21H2,1-5H3,(H,42,46)/t22-,24-,30-,31+,32+,33-/m1/s1. The number of carbonyl (C=O) groups is 3. The highest BCUT2D eigenvalue weighted by Gasteiger charge is 2.49. The maximum Gasteiger partial charge on any atom is 0.408 e. The molecule has 1 saturated carbocycles. The molecular weight excluding hydrogens is 624 g/mol. The quantitative estimate of drug-likeness (QED) is 0.371. The maximum absolute atomic E-state index is 14.3. The third-order valence-corrected chi connectivity index (χ3v) is 10.1. The fourth-order valence-electron chi connectivity index (χ4n) is 7.50. The molecule has 1 aliphatic carbocycles. The number of ketones is 1. The maximum atomic E-state index is 14.3. The highest BCUT2D eigenvalue weighted by Crippen LogP contribution is 2.36. The number of alkyl carbamates (subject to hydrolysis) is 1. The lowest BCUT2D eigenvalue weighted by molar-refractivity contribution is -0.141. The van der Waals surface area contributed by atoms with Crippen LogP contribution in [0.4, 0.5) is 4.79 Å². The molecule has 4 heterocycles. The number of fused-ring (bicyclic) bond motifs is 5. The van der Waals surface area contributed by atoms with Gasteiger partial charge in [0.05, 0.1) is 35.5 Å². The Balaban J connectivity index is 1.33. The molecule has 0 spiro atoms. The largest absolute Gasteiger partial charge is 0.487 e. The van der Waals surface area contributed by atoms with E-state index in [1.807, 2.05) is 45.9 Å². The average Bonchev–Trinajstić information content (AvgIpc) is 3.64. The number of aryl methyl sites for hydroxylation is 1. The molecule has 12 heteroatoms. The molecule has 6 atom stereocenters. The van der Waals surface area contributed by atoms with E-state index in [4.69, 9.17) is 24.2 Å². The minimum absolute atomic E-state index is 0.142. The summed E-state index contributed by atoms with van der Waals surface area (Å²) in [5.74, 6) is 0.499. The van der Waals surface area contributed by atoms with E-state index in [9.17, 15) is 14.4 Å². The van der Waals surface area contributed by atoms with Gasteiger partial charge in [-0.25, -0.2) is 14.8 Å². The first-order valence-corrected chi connectivity index (χ1v) is 17.6. The zero-order chi connectivity index (χ0) is 34.7. The number of carbonyl (C=O) groups excluding carboxylic acids is 3. The molecule has 6 rings (SSSR count). The van der Waals surface area contributed by atoms with Crippen molar-refractivity contribution in [1.82, 2.24) is 30.2 Å². The molecule has 3 aromatic rings. The van der Waals surface area contributed by atoms with Crippen molar-refractivity contribution in [2.24, 2.45) is 17.3 Å². The Morgan fingerprint density at radius 2 is 1.82 bits per heavy atom. The summed E-state index contributed by atoms with van der Waals surface area (Å²) in [7, 11) is 0. The van der Waals surface area contributed by atoms with Crippen molar-refractivity contribution in [1.29, 1.82) is 0 Å². The first kappa shape index (κ1) is 34.5. The molecule has 12 nitrogen and oxygen atoms in total. The number of hydrogen-bond acceptors (Lipinski definition) is 10. The number of rotatable bonds is 4. The Morgan fingerprint density at radius 1 is 1.00 bits per heavy atom. The summed E-state index contributed by atoms with van der Waals surface area (Å²) in [4.78, 5) is 60.6. The van der Waals surface area contributed by atoms with Crippen LogP contribution < -0.4 is 14.8 Å². The topological polar surface area (TPSA) is 146 Å². The number of hydrogen-bond donors (Lipinski definition) is 1. The van der Waals surface area contributed by atoms with Crippen LogP contribution in [0.25, 0.3) is 11.0 Å². The summed E-state index contributed by atoms with van der Waals surface area (Å²) in [6, 6.07) is 3.97. The summed E-state index contributed by atoms with van der Waals surface area (Å²) in [5.41, 5.74) is 2.16. The number of amides is 2. The van der Waals surface area contributed by atoms with E-state index in [0.717, 1.165) is 56.2 Å². The SMILES string of the molecule is CC(=O)[C@@H]1[C@H](C)[C@@H]2CN1C(=O)[C@H](C(C)(C)C)NC(=O)O[C@@H]1CCC[C@H]1CCCCCc1nc3ccc(OCc4cnccn4)cc3nc1O2. The molecule has 1 saturated heterocycles. The molecule has 2 aliphatic heterocycles. The van der Waals surface area contributed by atoms with Gasteiger partial charge in [-0.05, 0) is 68.9 Å². The van der Waals surface area contributed by atoms with Gasteiger partial charge in [0.1, 0.15) is 36.3 Å². The molecule has 1 N–H and O–H groups in total. The van der Waals surface area contributed by atoms with E-state index in [-0.39, 0.29) is 36.9 Å². The van der Waals surface area contributed by atoms with Crippen molar-refractivity contribution in [3.05, 3.63) is 48.2 Å². The second-order valence-corrected chi connectivity index (χ2v) is 14.9. The van der Waals surface area contributed by atoms with Crippen molar-refractivity contribution in [3.63, 3.8) is 0 Å². The lowest BCUT2D eigenvalue weighted by atomic mass is 9.85. The van der Waals surface area contributed by atoms with Crippen molar-refractivity contribution in [2.75, 3.05) is 6.54 Å². The van der Waals surface area contributed by atoms with Gasteiger partial charge >= 0.3 is 6.09 Å². The summed E-state index contributed by atoms with van der Waals surface area (Å²) >= 11 is 0. The molecular formula is C37H48N6O6. The fourth-order valence-corrected chi connectivity index (χ4v) is 7.50. The smallest absolute Gasteiger partial charge is 0.408 e. The van der Waals surface area contributed by atoms with Gasteiger partial charge < -0.3 is 24.4 Å². The normalized spacial score (nSPS) is 26.8. The van der Waals surface area contributed by atoms with Crippen LogP contribution >= 0.6 is 0 Å². The van der Waals surface area contributed by atoms with Crippen LogP contribution in [0.3, 0.4) is 0 Å². The highest BCUT2D eigenvalue weighted by molar-refractivity contribution is 5.92. The number of Topliss-reactive ketones (excluding diaryl/α,β-unsaturated/α-hetero) is 1. The van der Waals surface area contributed by atoms with Crippen LogP contribution in [0.2, 0.25) is 0 Å². The van der Waals surface area contributed by atoms with Crippen LogP contribution in [0.5, 0.6) is 11.6 Å². The lowest BCUT2D eigenvalue weighted by Gasteiger charge is -2.35. The third-order valence-electron chi connectivity index (χ3n) is 10.1. The van der Waals surface area contributed by atoms with Crippen molar-refractivity contribution in [3.8, 4) is 11.6 Å². The second kappa shape index (κ2) is 14.6. The predicted molar refractivity (Wildman–Crippen MR) is 182 cm³/mol. The van der Waals surface area contributed by atoms with Gasteiger partial charge in [-0.3, -0.25) is 19.6 Å². The monoisotopic (exact) mass is 672 g/mol. The number of nitrogens with zero attached hydrogens (tertiary/aromatic N) is 5. The van der Waals surface area contributed by atoms with E-state index < -0.39 is 29.7 Å². The Morgan fingerprint density at radius 3 is 2.57 bits per heavy atom. The summed E-state index contributed by atoms with van der Waals surface area (Å²) < 4.78 is 18.6. The van der Waals surface area contributed by atoms with Crippen LogP contribution in [-0.2, 0) is 27.4 Å². The summed E-state index contributed by atoms with van der Waals surface area (Å²) in [6.07, 6.45) is 11.0. The second-order valence-electron chi connectivity index (χ2n) is 14.9. The Kier molecular flexibility index (Phi) is 10.3. The molecule has 2 bridgehead atoms. The van der Waals surface area contributed by atoms with Crippen LogP contribution in [0.15, 0.2) is 36.8 Å². The molecule has 3 aliphatic rings. The van der Waals surface area contributed by atoms with E-state index >= 15 is 0 Å². The van der Waals surface area contributed by atoms with Gasteiger partial charge in [0.15, 0.2) is 5.78 Å². The molecule has 2 amide bonds. The number of nitrogens with one attached hydrogen (secondary N) is 1.